The van der Waals surface area contributed by atoms with Crippen molar-refractivity contribution < 1.29 is 4.79 Å². The van der Waals surface area contributed by atoms with Gasteiger partial charge in [-0.15, -0.1) is 0 Å². The Bertz CT molecular complexity index is 403. The van der Waals surface area contributed by atoms with E-state index in [4.69, 9.17) is 0 Å². The molecule has 1 aromatic rings. The van der Waals surface area contributed by atoms with Gasteiger partial charge in [-0.1, -0.05) is 0 Å². The summed E-state index contributed by atoms with van der Waals surface area (Å²) >= 11 is 0. The van der Waals surface area contributed by atoms with Gasteiger partial charge in [-0.25, -0.2) is 9.97 Å². The van der Waals surface area contributed by atoms with E-state index in [1.807, 2.05) is 20.8 Å². The van der Waals surface area contributed by atoms with E-state index in [0.29, 0.717) is 11.6 Å². The van der Waals surface area contributed by atoms with Crippen LogP contribution in [0.15, 0.2) is 6.07 Å². The molecule has 0 unspecified atom stereocenters. The van der Waals surface area contributed by atoms with Crippen LogP contribution in [0, 0.1) is 6.92 Å². The molecule has 1 amide bonds. The lowest BCUT2D eigenvalue weighted by atomic mass is 10.4. The fourth-order valence-electron chi connectivity index (χ4n) is 1.64. The Labute approximate surface area is 108 Å². The van der Waals surface area contributed by atoms with Crippen LogP contribution < -0.4 is 10.6 Å². The molecule has 1 heterocycles. The third kappa shape index (κ3) is 3.87. The van der Waals surface area contributed by atoms with Crippen LogP contribution in [-0.2, 0) is 4.79 Å². The molecule has 2 N–H and O–H groups in total. The van der Waals surface area contributed by atoms with E-state index in [-0.39, 0.29) is 12.5 Å². The van der Waals surface area contributed by atoms with Gasteiger partial charge in [0.25, 0.3) is 0 Å². The van der Waals surface area contributed by atoms with E-state index >= 15 is 0 Å². The Balaban J connectivity index is 2.63. The van der Waals surface area contributed by atoms with Crippen LogP contribution in [-0.4, -0.2) is 47.5 Å². The molecular weight excluding hydrogens is 230 g/mol. The summed E-state index contributed by atoms with van der Waals surface area (Å²) < 4.78 is 0. The van der Waals surface area contributed by atoms with Gasteiger partial charge < -0.3 is 15.5 Å². The topological polar surface area (TPSA) is 70.2 Å². The highest BCUT2D eigenvalue weighted by atomic mass is 16.2. The summed E-state index contributed by atoms with van der Waals surface area (Å²) in [5.41, 5.74) is 0. The molecule has 100 valence electrons. The lowest BCUT2D eigenvalue weighted by molar-refractivity contribution is -0.128. The SMILES string of the molecule is CCN(CC)C(=O)CNc1cc(NC)nc(C)n1. The zero-order chi connectivity index (χ0) is 13.5. The second kappa shape index (κ2) is 6.78. The number of aryl methyl sites for hydroxylation is 1. The molecule has 6 nitrogen and oxygen atoms in total. The van der Waals surface area contributed by atoms with E-state index in [2.05, 4.69) is 20.6 Å². The molecule has 0 radical (unpaired) electrons. The van der Waals surface area contributed by atoms with Crippen LogP contribution >= 0.6 is 0 Å². The molecule has 0 saturated heterocycles. The summed E-state index contributed by atoms with van der Waals surface area (Å²) in [6.45, 7) is 7.45. The van der Waals surface area contributed by atoms with Crippen LogP contribution in [0.4, 0.5) is 11.6 Å². The van der Waals surface area contributed by atoms with Crippen molar-refractivity contribution in [1.82, 2.24) is 14.9 Å². The number of rotatable bonds is 6. The maximum Gasteiger partial charge on any atom is 0.241 e. The highest BCUT2D eigenvalue weighted by molar-refractivity contribution is 5.80. The summed E-state index contributed by atoms with van der Waals surface area (Å²) in [6.07, 6.45) is 0. The van der Waals surface area contributed by atoms with Crippen molar-refractivity contribution in [3.8, 4) is 0 Å². The molecule has 0 bridgehead atoms. The summed E-state index contributed by atoms with van der Waals surface area (Å²) in [4.78, 5) is 22.0. The number of carbonyl (C=O) groups is 1. The normalized spacial score (nSPS) is 10.0. The van der Waals surface area contributed by atoms with E-state index in [0.717, 1.165) is 18.9 Å². The van der Waals surface area contributed by atoms with Crippen molar-refractivity contribution in [3.63, 3.8) is 0 Å². The minimum absolute atomic E-state index is 0.0715. The van der Waals surface area contributed by atoms with Gasteiger partial charge >= 0.3 is 0 Å². The summed E-state index contributed by atoms with van der Waals surface area (Å²) in [5.74, 6) is 2.13. The monoisotopic (exact) mass is 251 g/mol. The van der Waals surface area contributed by atoms with Crippen LogP contribution in [0.1, 0.15) is 19.7 Å². The number of nitrogens with one attached hydrogen (secondary N) is 2. The van der Waals surface area contributed by atoms with Crippen LogP contribution in [0.25, 0.3) is 0 Å². The van der Waals surface area contributed by atoms with Gasteiger partial charge in [0.05, 0.1) is 6.54 Å². The number of nitrogens with zero attached hydrogens (tertiary/aromatic N) is 3. The average molecular weight is 251 g/mol. The summed E-state index contributed by atoms with van der Waals surface area (Å²) in [7, 11) is 1.80. The first kappa shape index (κ1) is 14.2. The van der Waals surface area contributed by atoms with Gasteiger partial charge in [0.1, 0.15) is 17.5 Å². The van der Waals surface area contributed by atoms with E-state index in [9.17, 15) is 4.79 Å². The molecule has 18 heavy (non-hydrogen) atoms. The molecule has 0 spiro atoms. The molecule has 1 aromatic heterocycles. The van der Waals surface area contributed by atoms with Crippen molar-refractivity contribution in [3.05, 3.63) is 11.9 Å². The van der Waals surface area contributed by atoms with Crippen LogP contribution in [0.2, 0.25) is 0 Å². The van der Waals surface area contributed by atoms with Gasteiger partial charge in [-0.05, 0) is 20.8 Å². The summed E-state index contributed by atoms with van der Waals surface area (Å²) in [5, 5.41) is 5.98. The molecule has 0 aliphatic rings. The predicted octanol–water partition coefficient (Wildman–Crippen LogP) is 1.11. The van der Waals surface area contributed by atoms with E-state index in [1.165, 1.54) is 0 Å². The Hall–Kier alpha value is -1.85. The van der Waals surface area contributed by atoms with Crippen LogP contribution in [0.5, 0.6) is 0 Å². The first-order valence-corrected chi connectivity index (χ1v) is 6.15. The first-order valence-electron chi connectivity index (χ1n) is 6.15. The van der Waals surface area contributed by atoms with Gasteiger partial charge in [0, 0.05) is 26.2 Å². The number of hydrogen-bond acceptors (Lipinski definition) is 5. The Kier molecular flexibility index (Phi) is 5.35. The van der Waals surface area contributed by atoms with Crippen molar-refractivity contribution in [2.45, 2.75) is 20.8 Å². The van der Waals surface area contributed by atoms with Crippen molar-refractivity contribution in [2.24, 2.45) is 0 Å². The maximum atomic E-state index is 11.8. The van der Waals surface area contributed by atoms with E-state index < -0.39 is 0 Å². The highest BCUT2D eigenvalue weighted by Crippen LogP contribution is 2.09. The fourth-order valence-corrected chi connectivity index (χ4v) is 1.64. The summed E-state index contributed by atoms with van der Waals surface area (Å²) in [6, 6.07) is 1.78. The second-order valence-corrected chi connectivity index (χ2v) is 3.86. The van der Waals surface area contributed by atoms with Crippen molar-refractivity contribution >= 4 is 17.5 Å². The van der Waals surface area contributed by atoms with Crippen LogP contribution in [0.3, 0.4) is 0 Å². The molecule has 1 rings (SSSR count). The van der Waals surface area contributed by atoms with Gasteiger partial charge in [-0.3, -0.25) is 4.79 Å². The molecule has 0 atom stereocenters. The number of amides is 1. The van der Waals surface area contributed by atoms with E-state index in [1.54, 1.807) is 18.0 Å². The standard InChI is InChI=1S/C12H21N5O/c1-5-17(6-2)12(18)8-14-11-7-10(13-4)15-9(3)16-11/h7H,5-6,8H2,1-4H3,(H2,13,14,15,16). The predicted molar refractivity (Wildman–Crippen MR) is 72.7 cm³/mol. The number of carbonyl (C=O) groups excluding carboxylic acids is 1. The largest absolute Gasteiger partial charge is 0.373 e. The Morgan fingerprint density at radius 3 is 2.44 bits per heavy atom. The lowest BCUT2D eigenvalue weighted by Crippen LogP contribution is -2.35. The number of anilines is 2. The lowest BCUT2D eigenvalue weighted by Gasteiger charge is -2.19. The number of likely N-dealkylation sites (N-methyl/N-ethyl adjacent to an activating group) is 1. The minimum atomic E-state index is 0.0715. The highest BCUT2D eigenvalue weighted by Gasteiger charge is 2.09. The molecule has 0 fully saturated rings. The molecular formula is C12H21N5O. The Morgan fingerprint density at radius 1 is 1.28 bits per heavy atom. The van der Waals surface area contributed by atoms with Crippen molar-refractivity contribution in [2.75, 3.05) is 37.3 Å². The third-order valence-electron chi connectivity index (χ3n) is 2.63. The number of aromatic nitrogens is 2. The molecule has 0 aromatic carbocycles. The quantitative estimate of drug-likeness (QED) is 0.792. The molecule has 0 aliphatic carbocycles. The maximum absolute atomic E-state index is 11.8. The smallest absolute Gasteiger partial charge is 0.241 e. The molecule has 0 saturated carbocycles. The zero-order valence-electron chi connectivity index (χ0n) is 11.4. The molecule has 0 aliphatic heterocycles. The fraction of sp³-hybridized carbons (Fsp3) is 0.583. The minimum Gasteiger partial charge on any atom is -0.373 e. The van der Waals surface area contributed by atoms with Gasteiger partial charge in [0.2, 0.25) is 5.91 Å². The van der Waals surface area contributed by atoms with Crippen molar-refractivity contribution in [1.29, 1.82) is 0 Å². The zero-order valence-corrected chi connectivity index (χ0v) is 11.4. The average Bonchev–Trinajstić information content (AvgIpc) is 2.37. The van der Waals surface area contributed by atoms with Gasteiger partial charge in [-0.2, -0.15) is 0 Å². The Morgan fingerprint density at radius 2 is 1.89 bits per heavy atom. The van der Waals surface area contributed by atoms with Gasteiger partial charge in [0.15, 0.2) is 0 Å². The third-order valence-corrected chi connectivity index (χ3v) is 2.63. The second-order valence-electron chi connectivity index (χ2n) is 3.86. The molecule has 6 heteroatoms. The number of hydrogen-bond donors (Lipinski definition) is 2. The first-order chi connectivity index (χ1) is 8.60.